The number of imidazole rings is 1. The van der Waals surface area contributed by atoms with Crippen molar-refractivity contribution < 1.29 is 26.7 Å². The molecule has 1 atom stereocenters. The number of carbonyl (C=O) groups excluding carboxylic acids is 1. The summed E-state index contributed by atoms with van der Waals surface area (Å²) in [5.41, 5.74) is -0.501. The molecule has 2 saturated carbocycles. The number of rotatable bonds is 2. The highest BCUT2D eigenvalue weighted by molar-refractivity contribution is 6.00. The number of benzene rings is 1. The van der Waals surface area contributed by atoms with Crippen LogP contribution in [0.3, 0.4) is 0 Å². The van der Waals surface area contributed by atoms with Crippen molar-refractivity contribution in [2.75, 3.05) is 4.90 Å². The lowest BCUT2D eigenvalue weighted by molar-refractivity contribution is -0.313. The topological polar surface area (TPSA) is 61.9 Å². The summed E-state index contributed by atoms with van der Waals surface area (Å²) in [7, 11) is 0. The van der Waals surface area contributed by atoms with Crippen molar-refractivity contribution in [2.45, 2.75) is 49.6 Å². The molecule has 146 valence electrons. The summed E-state index contributed by atoms with van der Waals surface area (Å²) in [4.78, 5) is 18.1. The molecule has 1 aliphatic heterocycles. The molecule has 5 rings (SSSR count). The highest BCUT2D eigenvalue weighted by Gasteiger charge is 2.72. The second kappa shape index (κ2) is 5.01. The fourth-order valence-electron chi connectivity index (χ4n) is 4.54. The molecule has 1 spiro atoms. The van der Waals surface area contributed by atoms with Crippen LogP contribution in [0.1, 0.15) is 37.7 Å². The van der Waals surface area contributed by atoms with Crippen molar-refractivity contribution in [2.24, 2.45) is 5.92 Å². The lowest BCUT2D eigenvalue weighted by Gasteiger charge is -2.58. The molecule has 5 nitrogen and oxygen atoms in total. The Labute approximate surface area is 155 Å². The number of fused-ring (bicyclic) bond motifs is 4. The van der Waals surface area contributed by atoms with E-state index in [0.29, 0.717) is 12.8 Å². The van der Waals surface area contributed by atoms with Gasteiger partial charge in [0.25, 0.3) is 0 Å². The van der Waals surface area contributed by atoms with Crippen LogP contribution in [-0.4, -0.2) is 27.3 Å². The first-order chi connectivity index (χ1) is 13.1. The van der Waals surface area contributed by atoms with Gasteiger partial charge in [-0.1, -0.05) is 0 Å². The summed E-state index contributed by atoms with van der Waals surface area (Å²) in [5.74, 6) is -11.4. The van der Waals surface area contributed by atoms with Gasteiger partial charge in [-0.05, 0) is 31.4 Å². The Bertz CT molecular complexity index is 1080. The summed E-state index contributed by atoms with van der Waals surface area (Å²) in [6, 6.07) is 4.39. The molecule has 0 saturated heterocycles. The van der Waals surface area contributed by atoms with Crippen LogP contribution in [0.5, 0.6) is 0 Å². The number of halogens is 5. The number of nitrogens with zero attached hydrogens (tertiary/aromatic N) is 4. The van der Waals surface area contributed by atoms with Crippen molar-refractivity contribution in [1.29, 1.82) is 5.26 Å². The molecule has 1 unspecified atom stereocenters. The fourth-order valence-corrected chi connectivity index (χ4v) is 4.54. The maximum Gasteiger partial charge on any atom is 0.313 e. The zero-order chi connectivity index (χ0) is 20.1. The van der Waals surface area contributed by atoms with E-state index < -0.39 is 48.0 Å². The van der Waals surface area contributed by atoms with E-state index in [-0.39, 0.29) is 22.5 Å². The van der Waals surface area contributed by atoms with Crippen molar-refractivity contribution in [1.82, 2.24) is 9.55 Å². The molecule has 2 fully saturated rings. The molecule has 2 aromatic rings. The number of carbonyl (C=O) groups is 1. The number of hydrogen-bond donors (Lipinski definition) is 0. The number of nitriles is 1. The number of alkyl halides is 4. The monoisotopic (exact) mass is 396 g/mol. The van der Waals surface area contributed by atoms with Crippen LogP contribution in [0.4, 0.5) is 27.9 Å². The minimum Gasteiger partial charge on any atom is -0.284 e. The Morgan fingerprint density at radius 1 is 1.29 bits per heavy atom. The molecule has 1 aromatic carbocycles. The molecular formula is C18H13F5N4O. The van der Waals surface area contributed by atoms with Crippen LogP contribution in [-0.2, 0) is 10.5 Å². The van der Waals surface area contributed by atoms with Gasteiger partial charge >= 0.3 is 11.8 Å². The van der Waals surface area contributed by atoms with Gasteiger partial charge in [-0.15, -0.1) is 0 Å². The minimum atomic E-state index is -4.22. The van der Waals surface area contributed by atoms with Crippen LogP contribution >= 0.6 is 0 Å². The van der Waals surface area contributed by atoms with E-state index in [2.05, 4.69) is 4.98 Å². The highest BCUT2D eigenvalue weighted by Crippen LogP contribution is 2.59. The normalized spacial score (nSPS) is 25.4. The molecule has 0 radical (unpaired) electrons. The Kier molecular flexibility index (Phi) is 3.12. The zero-order valence-corrected chi connectivity index (χ0v) is 14.4. The van der Waals surface area contributed by atoms with E-state index >= 15 is 0 Å². The molecule has 1 aromatic heterocycles. The van der Waals surface area contributed by atoms with E-state index in [1.807, 2.05) is 6.07 Å². The predicted molar refractivity (Wildman–Crippen MR) is 86.3 cm³/mol. The molecule has 28 heavy (non-hydrogen) atoms. The lowest BCUT2D eigenvalue weighted by Crippen LogP contribution is -2.67. The van der Waals surface area contributed by atoms with Gasteiger partial charge in [0.15, 0.2) is 5.82 Å². The predicted octanol–water partition coefficient (Wildman–Crippen LogP) is 3.91. The van der Waals surface area contributed by atoms with Crippen molar-refractivity contribution in [3.05, 3.63) is 23.5 Å². The van der Waals surface area contributed by atoms with Gasteiger partial charge in [0.05, 0.1) is 11.1 Å². The summed E-state index contributed by atoms with van der Waals surface area (Å²) in [5, 5.41) is 9.34. The number of aromatic nitrogens is 2. The van der Waals surface area contributed by atoms with Gasteiger partial charge in [0, 0.05) is 18.8 Å². The van der Waals surface area contributed by atoms with Crippen LogP contribution < -0.4 is 4.90 Å². The summed E-state index contributed by atoms with van der Waals surface area (Å²) >= 11 is 0. The number of hydrogen-bond acceptors (Lipinski definition) is 3. The maximum absolute atomic E-state index is 14.2. The first kappa shape index (κ1) is 17.4. The van der Waals surface area contributed by atoms with Gasteiger partial charge in [-0.25, -0.2) is 9.37 Å². The average molecular weight is 396 g/mol. The Hall–Kier alpha value is -2.70. The lowest BCUT2D eigenvalue weighted by atomic mass is 9.73. The first-order valence-electron chi connectivity index (χ1n) is 8.84. The molecule has 0 bridgehead atoms. The summed E-state index contributed by atoms with van der Waals surface area (Å²) in [6.07, 6.45) is -0.0410. The molecular weight excluding hydrogens is 383 g/mol. The number of anilines is 1. The second-order valence-electron chi connectivity index (χ2n) is 7.65. The van der Waals surface area contributed by atoms with Crippen molar-refractivity contribution >= 4 is 22.9 Å². The summed E-state index contributed by atoms with van der Waals surface area (Å²) in [6.45, 7) is 0. The Morgan fingerprint density at radius 3 is 2.54 bits per heavy atom. The molecule has 2 aliphatic carbocycles. The van der Waals surface area contributed by atoms with E-state index in [0.717, 1.165) is 12.5 Å². The van der Waals surface area contributed by atoms with Gasteiger partial charge in [0.2, 0.25) is 11.9 Å². The van der Waals surface area contributed by atoms with Crippen LogP contribution in [0.25, 0.3) is 11.0 Å². The van der Waals surface area contributed by atoms with Crippen molar-refractivity contribution in [3.8, 4) is 6.07 Å². The minimum absolute atomic E-state index is 0.0655. The zero-order valence-electron chi connectivity index (χ0n) is 14.4. The van der Waals surface area contributed by atoms with E-state index in [1.165, 1.54) is 11.0 Å². The fraction of sp³-hybridized carbons (Fsp3) is 0.500. The largest absolute Gasteiger partial charge is 0.313 e. The van der Waals surface area contributed by atoms with Gasteiger partial charge < -0.3 is 0 Å². The molecule has 10 heteroatoms. The maximum atomic E-state index is 14.2. The first-order valence-corrected chi connectivity index (χ1v) is 8.84. The molecule has 0 N–H and O–H groups in total. The third-order valence-corrected chi connectivity index (χ3v) is 6.22. The van der Waals surface area contributed by atoms with Crippen LogP contribution in [0, 0.1) is 23.1 Å². The third kappa shape index (κ3) is 1.80. The summed E-state index contributed by atoms with van der Waals surface area (Å²) < 4.78 is 69.2. The molecule has 3 aliphatic rings. The van der Waals surface area contributed by atoms with Gasteiger partial charge in [-0.2, -0.15) is 22.8 Å². The van der Waals surface area contributed by atoms with E-state index in [9.17, 15) is 32.0 Å². The van der Waals surface area contributed by atoms with Crippen LogP contribution in [0.2, 0.25) is 0 Å². The Balaban J connectivity index is 1.54. The van der Waals surface area contributed by atoms with E-state index in [1.54, 1.807) is 4.57 Å². The third-order valence-electron chi connectivity index (χ3n) is 6.22. The van der Waals surface area contributed by atoms with Gasteiger partial charge in [-0.3, -0.25) is 14.3 Å². The quantitative estimate of drug-likeness (QED) is 0.723. The van der Waals surface area contributed by atoms with Crippen molar-refractivity contribution in [3.63, 3.8) is 0 Å². The molecule has 1 amide bonds. The van der Waals surface area contributed by atoms with Crippen LogP contribution in [0.15, 0.2) is 12.1 Å². The molecule has 2 heterocycles. The average Bonchev–Trinajstić information content (AvgIpc) is 2.90. The van der Waals surface area contributed by atoms with Gasteiger partial charge in [0.1, 0.15) is 17.2 Å². The second-order valence-corrected chi connectivity index (χ2v) is 7.65. The smallest absolute Gasteiger partial charge is 0.284 e. The highest BCUT2D eigenvalue weighted by atomic mass is 19.3. The SMILES string of the molecule is N#Cc1ccc(F)c2nc3n(c12)C1(CCC1)N3C(=O)CC1CC(F)(F)C1(F)F. The van der Waals surface area contributed by atoms with E-state index in [4.69, 9.17) is 0 Å². The standard InChI is InChI=1S/C18H13F5N4O/c19-11-3-2-9(8-24)14-13(11)25-15-26(16(27(14)15)4-1-5-16)12(28)6-10-7-17(20,21)18(10,22)23/h2-3,10H,1,4-7H2. The number of amides is 1. The Morgan fingerprint density at radius 2 is 2.00 bits per heavy atom.